The molecule has 0 radical (unpaired) electrons. The highest BCUT2D eigenvalue weighted by Crippen LogP contribution is 2.27. The Morgan fingerprint density at radius 3 is 2.57 bits per heavy atom. The first kappa shape index (κ1) is 10.5. The number of hydrogen-bond donors (Lipinski definition) is 3. The van der Waals surface area contributed by atoms with Crippen LogP contribution in [0.25, 0.3) is 0 Å². The van der Waals surface area contributed by atoms with E-state index in [9.17, 15) is 14.7 Å². The molecule has 1 rings (SSSR count). The van der Waals surface area contributed by atoms with Crippen LogP contribution in [-0.2, 0) is 9.59 Å². The van der Waals surface area contributed by atoms with Gasteiger partial charge in [0, 0.05) is 5.70 Å². The largest absolute Gasteiger partial charge is 0.481 e. The van der Waals surface area contributed by atoms with Crippen LogP contribution < -0.4 is 5.73 Å². The number of carboxylic acid groups (broad SMARTS) is 1. The number of carbonyl (C=O) groups excluding carboxylic acids is 1. The highest BCUT2D eigenvalue weighted by Gasteiger charge is 2.44. The van der Waals surface area contributed by atoms with Gasteiger partial charge in [0.2, 0.25) is 0 Å². The molecule has 0 aromatic carbocycles. The second-order valence-electron chi connectivity index (χ2n) is 3.20. The second-order valence-corrected chi connectivity index (χ2v) is 3.20. The van der Waals surface area contributed by atoms with E-state index in [1.54, 1.807) is 0 Å². The maximum atomic E-state index is 11.1. The Morgan fingerprint density at radius 1 is 1.57 bits per heavy atom. The fraction of sp³-hybridized carbons (Fsp3) is 0.333. The quantitative estimate of drug-likeness (QED) is 0.549. The third kappa shape index (κ3) is 1.54. The minimum Gasteiger partial charge on any atom is -0.481 e. The lowest BCUT2D eigenvalue weighted by molar-refractivity contribution is -0.152. The van der Waals surface area contributed by atoms with Gasteiger partial charge in [0.1, 0.15) is 5.92 Å². The standard InChI is InChI=1S/C9H11NO4/c1-5(11)9(14)4-6(10)2-3-7(9)8(12)13/h2-4,7,14H,10H2,1H3,(H,12,13). The first-order chi connectivity index (χ1) is 6.38. The third-order valence-electron chi connectivity index (χ3n) is 2.17. The summed E-state index contributed by atoms with van der Waals surface area (Å²) in [6.45, 7) is 1.12. The summed E-state index contributed by atoms with van der Waals surface area (Å²) in [5.74, 6) is -3.17. The Labute approximate surface area is 80.5 Å². The highest BCUT2D eigenvalue weighted by molar-refractivity contribution is 5.94. The van der Waals surface area contributed by atoms with E-state index in [-0.39, 0.29) is 5.70 Å². The zero-order valence-electron chi connectivity index (χ0n) is 7.60. The van der Waals surface area contributed by atoms with Crippen LogP contribution >= 0.6 is 0 Å². The van der Waals surface area contributed by atoms with Gasteiger partial charge in [-0.3, -0.25) is 9.59 Å². The highest BCUT2D eigenvalue weighted by atomic mass is 16.4. The van der Waals surface area contributed by atoms with Gasteiger partial charge in [0.15, 0.2) is 11.4 Å². The number of hydrogen-bond acceptors (Lipinski definition) is 4. The average molecular weight is 197 g/mol. The molecule has 0 saturated heterocycles. The summed E-state index contributed by atoms with van der Waals surface area (Å²) in [6.07, 6.45) is 3.63. The van der Waals surface area contributed by atoms with Gasteiger partial charge in [-0.15, -0.1) is 0 Å². The van der Waals surface area contributed by atoms with Crippen molar-refractivity contribution in [1.29, 1.82) is 0 Å². The van der Waals surface area contributed by atoms with E-state index < -0.39 is 23.3 Å². The van der Waals surface area contributed by atoms with Crippen LogP contribution in [0.15, 0.2) is 23.9 Å². The molecular formula is C9H11NO4. The summed E-state index contributed by atoms with van der Waals surface area (Å²) in [5, 5.41) is 18.6. The molecule has 0 aromatic heterocycles. The normalized spacial score (nSPS) is 31.0. The van der Waals surface area contributed by atoms with Crippen LogP contribution in [-0.4, -0.2) is 27.6 Å². The van der Waals surface area contributed by atoms with Crippen molar-refractivity contribution in [3.63, 3.8) is 0 Å². The molecule has 0 aromatic rings. The first-order valence-corrected chi connectivity index (χ1v) is 4.00. The number of Topliss-reactive ketones (excluding diaryl/α,β-unsaturated/α-hetero) is 1. The van der Waals surface area contributed by atoms with Crippen LogP contribution in [0.3, 0.4) is 0 Å². The lowest BCUT2D eigenvalue weighted by Gasteiger charge is -2.29. The SMILES string of the molecule is CC(=O)C1(O)C=C(N)C=CC1C(=O)O. The van der Waals surface area contributed by atoms with Crippen molar-refractivity contribution in [2.24, 2.45) is 11.7 Å². The fourth-order valence-electron chi connectivity index (χ4n) is 1.34. The number of aliphatic carboxylic acids is 1. The van der Waals surface area contributed by atoms with E-state index in [2.05, 4.69) is 0 Å². The van der Waals surface area contributed by atoms with Crippen molar-refractivity contribution in [3.05, 3.63) is 23.9 Å². The van der Waals surface area contributed by atoms with Gasteiger partial charge < -0.3 is 15.9 Å². The molecule has 0 bridgehead atoms. The maximum Gasteiger partial charge on any atom is 0.314 e. The summed E-state index contributed by atoms with van der Waals surface area (Å²) in [5.41, 5.74) is 3.54. The smallest absolute Gasteiger partial charge is 0.314 e. The lowest BCUT2D eigenvalue weighted by Crippen LogP contribution is -2.47. The molecular weight excluding hydrogens is 186 g/mol. The third-order valence-corrected chi connectivity index (χ3v) is 2.17. The van der Waals surface area contributed by atoms with Crippen LogP contribution in [0.5, 0.6) is 0 Å². The molecule has 5 nitrogen and oxygen atoms in total. The van der Waals surface area contributed by atoms with Crippen molar-refractivity contribution in [3.8, 4) is 0 Å². The molecule has 4 N–H and O–H groups in total. The number of carbonyl (C=O) groups is 2. The number of aliphatic hydroxyl groups is 1. The Bertz CT molecular complexity index is 345. The van der Waals surface area contributed by atoms with E-state index in [0.29, 0.717) is 0 Å². The van der Waals surface area contributed by atoms with Gasteiger partial charge in [-0.1, -0.05) is 6.08 Å². The molecule has 2 unspecified atom stereocenters. The van der Waals surface area contributed by atoms with Crippen molar-refractivity contribution >= 4 is 11.8 Å². The second kappa shape index (κ2) is 3.26. The summed E-state index contributed by atoms with van der Waals surface area (Å²) >= 11 is 0. The summed E-state index contributed by atoms with van der Waals surface area (Å²) in [6, 6.07) is 0. The average Bonchev–Trinajstić information content (AvgIpc) is 2.02. The number of allylic oxidation sites excluding steroid dienone is 1. The summed E-state index contributed by atoms with van der Waals surface area (Å²) < 4.78 is 0. The van der Waals surface area contributed by atoms with E-state index in [0.717, 1.165) is 13.0 Å². The van der Waals surface area contributed by atoms with E-state index >= 15 is 0 Å². The molecule has 0 aliphatic heterocycles. The number of rotatable bonds is 2. The summed E-state index contributed by atoms with van der Waals surface area (Å²) in [4.78, 5) is 21.9. The Morgan fingerprint density at radius 2 is 2.14 bits per heavy atom. The van der Waals surface area contributed by atoms with Crippen LogP contribution in [0.4, 0.5) is 0 Å². The Kier molecular flexibility index (Phi) is 2.44. The van der Waals surface area contributed by atoms with Gasteiger partial charge in [0.25, 0.3) is 0 Å². The molecule has 14 heavy (non-hydrogen) atoms. The Balaban J connectivity index is 3.17. The van der Waals surface area contributed by atoms with Gasteiger partial charge in [0.05, 0.1) is 0 Å². The van der Waals surface area contributed by atoms with Crippen molar-refractivity contribution in [2.75, 3.05) is 0 Å². The molecule has 0 heterocycles. The van der Waals surface area contributed by atoms with Gasteiger partial charge in [-0.2, -0.15) is 0 Å². The monoisotopic (exact) mass is 197 g/mol. The zero-order valence-corrected chi connectivity index (χ0v) is 7.60. The van der Waals surface area contributed by atoms with Gasteiger partial charge in [-0.25, -0.2) is 0 Å². The van der Waals surface area contributed by atoms with E-state index in [4.69, 9.17) is 10.8 Å². The van der Waals surface area contributed by atoms with E-state index in [1.807, 2.05) is 0 Å². The van der Waals surface area contributed by atoms with Crippen molar-refractivity contribution in [1.82, 2.24) is 0 Å². The van der Waals surface area contributed by atoms with Gasteiger partial charge in [-0.05, 0) is 19.1 Å². The molecule has 0 fully saturated rings. The van der Waals surface area contributed by atoms with Crippen LogP contribution in [0, 0.1) is 5.92 Å². The van der Waals surface area contributed by atoms with Crippen molar-refractivity contribution in [2.45, 2.75) is 12.5 Å². The number of nitrogens with two attached hydrogens (primary N) is 1. The molecule has 0 amide bonds. The molecule has 1 aliphatic carbocycles. The minimum atomic E-state index is -2.02. The predicted molar refractivity (Wildman–Crippen MR) is 48.2 cm³/mol. The topological polar surface area (TPSA) is 101 Å². The molecule has 0 saturated carbocycles. The molecule has 1 aliphatic rings. The molecule has 2 atom stereocenters. The fourth-order valence-corrected chi connectivity index (χ4v) is 1.34. The molecule has 5 heteroatoms. The van der Waals surface area contributed by atoms with E-state index in [1.165, 1.54) is 12.2 Å². The molecule has 76 valence electrons. The van der Waals surface area contributed by atoms with Crippen LogP contribution in [0.1, 0.15) is 6.92 Å². The number of carboxylic acids is 1. The Hall–Kier alpha value is -1.62. The van der Waals surface area contributed by atoms with Crippen molar-refractivity contribution < 1.29 is 19.8 Å². The lowest BCUT2D eigenvalue weighted by atomic mass is 9.80. The maximum absolute atomic E-state index is 11.1. The number of ketones is 1. The molecule has 0 spiro atoms. The van der Waals surface area contributed by atoms with Crippen LogP contribution in [0.2, 0.25) is 0 Å². The minimum absolute atomic E-state index is 0.181. The zero-order chi connectivity index (χ0) is 10.9. The predicted octanol–water partition coefficient (Wildman–Crippen LogP) is -0.580. The first-order valence-electron chi connectivity index (χ1n) is 4.00. The van der Waals surface area contributed by atoms with Gasteiger partial charge >= 0.3 is 5.97 Å². The summed E-state index contributed by atoms with van der Waals surface area (Å²) in [7, 11) is 0.